The van der Waals surface area contributed by atoms with E-state index < -0.39 is 0 Å². The average molecular weight is 291 g/mol. The number of nitrogens with zero attached hydrogens (tertiary/aromatic N) is 4. The van der Waals surface area contributed by atoms with E-state index in [9.17, 15) is 4.79 Å². The number of rotatable bonds is 4. The fourth-order valence-corrected chi connectivity index (χ4v) is 2.55. The number of nitrogens with one attached hydrogen (secondary N) is 1. The van der Waals surface area contributed by atoms with Gasteiger partial charge in [-0.05, 0) is 26.3 Å². The van der Waals surface area contributed by atoms with Gasteiger partial charge < -0.3 is 14.4 Å². The summed E-state index contributed by atoms with van der Waals surface area (Å²) < 4.78 is 9.94. The van der Waals surface area contributed by atoms with Crippen LogP contribution in [-0.2, 0) is 4.79 Å². The van der Waals surface area contributed by atoms with Gasteiger partial charge in [-0.3, -0.25) is 9.69 Å². The van der Waals surface area contributed by atoms with Crippen LogP contribution < -0.4 is 5.32 Å². The Morgan fingerprint density at radius 2 is 2.29 bits per heavy atom. The third-order valence-electron chi connectivity index (χ3n) is 3.45. The molecule has 0 unspecified atom stereocenters. The zero-order chi connectivity index (χ0) is 14.8. The van der Waals surface area contributed by atoms with E-state index in [1.165, 1.54) is 0 Å². The van der Waals surface area contributed by atoms with Crippen LogP contribution in [0.15, 0.2) is 15.1 Å². The zero-order valence-electron chi connectivity index (χ0n) is 12.0. The highest BCUT2D eigenvalue weighted by molar-refractivity contribution is 5.91. The molecule has 2 aromatic heterocycles. The molecule has 1 aliphatic heterocycles. The van der Waals surface area contributed by atoms with Gasteiger partial charge in [-0.2, -0.15) is 4.98 Å². The van der Waals surface area contributed by atoms with E-state index in [-0.39, 0.29) is 18.5 Å². The number of anilines is 1. The maximum Gasteiger partial charge on any atom is 0.239 e. The number of carbonyl (C=O) groups excluding carboxylic acids is 1. The summed E-state index contributed by atoms with van der Waals surface area (Å²) in [5.74, 6) is 2.15. The fourth-order valence-electron chi connectivity index (χ4n) is 2.55. The third kappa shape index (κ3) is 3.10. The van der Waals surface area contributed by atoms with Crippen molar-refractivity contribution in [2.45, 2.75) is 32.7 Å². The highest BCUT2D eigenvalue weighted by atomic mass is 16.5. The summed E-state index contributed by atoms with van der Waals surface area (Å²) in [5, 5.41) is 10.4. The highest BCUT2D eigenvalue weighted by Crippen LogP contribution is 2.29. The van der Waals surface area contributed by atoms with Crippen molar-refractivity contribution in [1.29, 1.82) is 0 Å². The molecule has 0 aromatic carbocycles. The molecule has 0 aliphatic carbocycles. The smallest absolute Gasteiger partial charge is 0.239 e. The second-order valence-corrected chi connectivity index (χ2v) is 5.17. The van der Waals surface area contributed by atoms with Gasteiger partial charge >= 0.3 is 0 Å². The summed E-state index contributed by atoms with van der Waals surface area (Å²) in [4.78, 5) is 18.4. The van der Waals surface area contributed by atoms with Gasteiger partial charge in [0.25, 0.3) is 0 Å². The van der Waals surface area contributed by atoms with Gasteiger partial charge in [0.05, 0.1) is 12.6 Å². The predicted octanol–water partition coefficient (Wildman–Crippen LogP) is 1.45. The van der Waals surface area contributed by atoms with E-state index in [2.05, 4.69) is 20.6 Å². The van der Waals surface area contributed by atoms with Crippen LogP contribution in [0.1, 0.15) is 36.4 Å². The number of aryl methyl sites for hydroxylation is 2. The van der Waals surface area contributed by atoms with Crippen LogP contribution in [-0.4, -0.2) is 39.2 Å². The van der Waals surface area contributed by atoms with Crippen molar-refractivity contribution in [2.24, 2.45) is 0 Å². The molecule has 1 saturated heterocycles. The van der Waals surface area contributed by atoms with Gasteiger partial charge in [-0.1, -0.05) is 10.3 Å². The van der Waals surface area contributed by atoms with Crippen molar-refractivity contribution in [3.63, 3.8) is 0 Å². The van der Waals surface area contributed by atoms with Crippen molar-refractivity contribution < 1.29 is 13.8 Å². The van der Waals surface area contributed by atoms with E-state index in [1.54, 1.807) is 19.9 Å². The second-order valence-electron chi connectivity index (χ2n) is 5.17. The van der Waals surface area contributed by atoms with E-state index in [0.29, 0.717) is 23.3 Å². The van der Waals surface area contributed by atoms with Crippen molar-refractivity contribution >= 4 is 11.7 Å². The van der Waals surface area contributed by atoms with Gasteiger partial charge in [0.15, 0.2) is 11.6 Å². The SMILES string of the molecule is Cc1cc(NC(=O)CN2CCC[C@@H]2c2noc(C)n2)no1. The molecule has 21 heavy (non-hydrogen) atoms. The van der Waals surface area contributed by atoms with E-state index >= 15 is 0 Å². The quantitative estimate of drug-likeness (QED) is 0.910. The molecule has 1 N–H and O–H groups in total. The summed E-state index contributed by atoms with van der Waals surface area (Å²) in [5.41, 5.74) is 0. The molecule has 0 spiro atoms. The molecule has 2 aromatic rings. The number of carbonyl (C=O) groups is 1. The maximum atomic E-state index is 12.1. The van der Waals surface area contributed by atoms with Crippen molar-refractivity contribution in [3.8, 4) is 0 Å². The van der Waals surface area contributed by atoms with Crippen molar-refractivity contribution in [1.82, 2.24) is 20.2 Å². The largest absolute Gasteiger partial charge is 0.360 e. The van der Waals surface area contributed by atoms with Gasteiger partial charge in [-0.25, -0.2) is 0 Å². The summed E-state index contributed by atoms with van der Waals surface area (Å²) >= 11 is 0. The Morgan fingerprint density at radius 3 is 2.95 bits per heavy atom. The van der Waals surface area contributed by atoms with E-state index in [1.807, 2.05) is 4.90 Å². The molecular weight excluding hydrogens is 274 g/mol. The molecule has 8 nitrogen and oxygen atoms in total. The predicted molar refractivity (Wildman–Crippen MR) is 72.5 cm³/mol. The van der Waals surface area contributed by atoms with Crippen LogP contribution in [0, 0.1) is 13.8 Å². The van der Waals surface area contributed by atoms with E-state index in [0.717, 1.165) is 19.4 Å². The molecule has 3 rings (SSSR count). The molecule has 0 bridgehead atoms. The lowest BCUT2D eigenvalue weighted by molar-refractivity contribution is -0.117. The standard InChI is InChI=1S/C13H17N5O3/c1-8-6-11(16-20-8)15-12(19)7-18-5-3-4-10(18)13-14-9(2)21-17-13/h6,10H,3-5,7H2,1-2H3,(H,15,16,19)/t10-/m1/s1. The first-order chi connectivity index (χ1) is 10.1. The van der Waals surface area contributed by atoms with Crippen molar-refractivity contribution in [3.05, 3.63) is 23.5 Å². The molecule has 1 atom stereocenters. The monoisotopic (exact) mass is 291 g/mol. The van der Waals surface area contributed by atoms with Crippen LogP contribution in [0.25, 0.3) is 0 Å². The summed E-state index contributed by atoms with van der Waals surface area (Å²) in [6.07, 6.45) is 1.93. The number of hydrogen-bond acceptors (Lipinski definition) is 7. The second kappa shape index (κ2) is 5.65. The molecule has 0 radical (unpaired) electrons. The lowest BCUT2D eigenvalue weighted by Crippen LogP contribution is -2.33. The van der Waals surface area contributed by atoms with Crippen LogP contribution >= 0.6 is 0 Å². The molecular formula is C13H17N5O3. The van der Waals surface area contributed by atoms with Gasteiger partial charge in [0.1, 0.15) is 5.76 Å². The van der Waals surface area contributed by atoms with Crippen LogP contribution in [0.2, 0.25) is 0 Å². The fraction of sp³-hybridized carbons (Fsp3) is 0.538. The number of likely N-dealkylation sites (tertiary alicyclic amines) is 1. The summed E-state index contributed by atoms with van der Waals surface area (Å²) in [7, 11) is 0. The number of amides is 1. The summed E-state index contributed by atoms with van der Waals surface area (Å²) in [6.45, 7) is 4.64. The minimum Gasteiger partial charge on any atom is -0.360 e. The molecule has 8 heteroatoms. The van der Waals surface area contributed by atoms with Gasteiger partial charge in [-0.15, -0.1) is 0 Å². The molecule has 1 aliphatic rings. The first kappa shape index (κ1) is 13.7. The Kier molecular flexibility index (Phi) is 3.70. The van der Waals surface area contributed by atoms with Crippen LogP contribution in [0.5, 0.6) is 0 Å². The Hall–Kier alpha value is -2.22. The molecule has 0 saturated carbocycles. The van der Waals surface area contributed by atoms with E-state index in [4.69, 9.17) is 9.05 Å². The third-order valence-corrected chi connectivity index (χ3v) is 3.45. The summed E-state index contributed by atoms with van der Waals surface area (Å²) in [6, 6.07) is 1.72. The van der Waals surface area contributed by atoms with Gasteiger partial charge in [0, 0.05) is 13.0 Å². The Morgan fingerprint density at radius 1 is 1.43 bits per heavy atom. The normalized spacial score (nSPS) is 19.0. The maximum absolute atomic E-state index is 12.1. The zero-order valence-corrected chi connectivity index (χ0v) is 12.0. The lowest BCUT2D eigenvalue weighted by Gasteiger charge is -2.20. The van der Waals surface area contributed by atoms with Crippen LogP contribution in [0.4, 0.5) is 5.82 Å². The topological polar surface area (TPSA) is 97.3 Å². The first-order valence-electron chi connectivity index (χ1n) is 6.89. The minimum atomic E-state index is -0.129. The average Bonchev–Trinajstić information content (AvgIpc) is 3.12. The van der Waals surface area contributed by atoms with Crippen molar-refractivity contribution in [2.75, 3.05) is 18.4 Å². The highest BCUT2D eigenvalue weighted by Gasteiger charge is 2.31. The minimum absolute atomic E-state index is 0.0345. The number of hydrogen-bond donors (Lipinski definition) is 1. The molecule has 1 fully saturated rings. The van der Waals surface area contributed by atoms with Crippen LogP contribution in [0.3, 0.4) is 0 Å². The first-order valence-corrected chi connectivity index (χ1v) is 6.89. The number of aromatic nitrogens is 3. The Bertz CT molecular complexity index is 635. The Labute approximate surface area is 121 Å². The Balaban J connectivity index is 1.62. The molecule has 3 heterocycles. The lowest BCUT2D eigenvalue weighted by atomic mass is 10.2. The molecule has 1 amide bonds. The van der Waals surface area contributed by atoms with Gasteiger partial charge in [0.2, 0.25) is 11.8 Å². The molecule has 112 valence electrons.